The number of methoxy groups -OCH3 is 1. The Bertz CT molecular complexity index is 1670. The van der Waals surface area contributed by atoms with Gasteiger partial charge in [0.1, 0.15) is 11.3 Å². The molecule has 2 saturated heterocycles. The lowest BCUT2D eigenvalue weighted by atomic mass is 9.76. The Labute approximate surface area is 222 Å². The van der Waals surface area contributed by atoms with Crippen molar-refractivity contribution in [2.24, 2.45) is 11.8 Å². The maximum absolute atomic E-state index is 14.2. The molecule has 4 aromatic rings. The van der Waals surface area contributed by atoms with E-state index in [2.05, 4.69) is 15.6 Å². The number of carbonyl (C=O) groups excluding carboxylic acids is 3. The molecule has 3 aliphatic rings. The highest BCUT2D eigenvalue weighted by Crippen LogP contribution is 2.54. The number of carbonyl (C=O) groups is 3. The van der Waals surface area contributed by atoms with Crippen LogP contribution in [0.25, 0.3) is 10.9 Å². The highest BCUT2D eigenvalue weighted by molar-refractivity contribution is 6.31. The van der Waals surface area contributed by atoms with Crippen molar-refractivity contribution in [3.05, 3.63) is 89.1 Å². The average Bonchev–Trinajstić information content (AvgIpc) is 3.63. The van der Waals surface area contributed by atoms with Gasteiger partial charge in [0.15, 0.2) is 0 Å². The molecule has 0 saturated carbocycles. The molecule has 0 bridgehead atoms. The molecule has 3 N–H and O–H groups in total. The maximum Gasteiger partial charge on any atom is 0.250 e. The summed E-state index contributed by atoms with van der Waals surface area (Å²) in [4.78, 5) is 46.5. The number of para-hydroxylation sites is 1. The Kier molecular flexibility index (Phi) is 4.95. The lowest BCUT2D eigenvalue weighted by Gasteiger charge is -2.29. The van der Waals surface area contributed by atoms with E-state index < -0.39 is 29.3 Å². The van der Waals surface area contributed by atoms with Crippen LogP contribution < -0.4 is 20.3 Å². The number of aromatic nitrogens is 1. The van der Waals surface area contributed by atoms with Crippen LogP contribution in [0.5, 0.6) is 5.75 Å². The van der Waals surface area contributed by atoms with Gasteiger partial charge in [-0.25, -0.2) is 4.90 Å². The minimum Gasteiger partial charge on any atom is -0.497 e. The lowest BCUT2D eigenvalue weighted by Crippen LogP contribution is -2.53. The number of hydrogen-bond acceptors (Lipinski definition) is 5. The quantitative estimate of drug-likeness (QED) is 0.349. The number of anilines is 2. The highest BCUT2D eigenvalue weighted by atomic mass is 35.5. The molecular formula is C29H23ClN4O4. The molecule has 38 heavy (non-hydrogen) atoms. The Morgan fingerprint density at radius 3 is 2.68 bits per heavy atom. The van der Waals surface area contributed by atoms with Crippen LogP contribution in [-0.2, 0) is 26.3 Å². The number of rotatable bonds is 4. The van der Waals surface area contributed by atoms with E-state index in [-0.39, 0.29) is 11.8 Å². The van der Waals surface area contributed by atoms with Gasteiger partial charge in [-0.1, -0.05) is 35.9 Å². The number of halogens is 1. The predicted molar refractivity (Wildman–Crippen MR) is 143 cm³/mol. The summed E-state index contributed by atoms with van der Waals surface area (Å²) in [5.41, 5.74) is 2.13. The molecule has 3 aliphatic heterocycles. The van der Waals surface area contributed by atoms with Crippen molar-refractivity contribution in [1.82, 2.24) is 10.3 Å². The van der Waals surface area contributed by atoms with Gasteiger partial charge >= 0.3 is 0 Å². The van der Waals surface area contributed by atoms with E-state index in [9.17, 15) is 14.4 Å². The average molecular weight is 527 g/mol. The van der Waals surface area contributed by atoms with Gasteiger partial charge in [-0.3, -0.25) is 19.7 Å². The van der Waals surface area contributed by atoms with Gasteiger partial charge in [0.25, 0.3) is 0 Å². The van der Waals surface area contributed by atoms with E-state index in [1.807, 2.05) is 30.5 Å². The van der Waals surface area contributed by atoms with E-state index in [0.717, 1.165) is 16.5 Å². The second-order valence-corrected chi connectivity index (χ2v) is 10.4. The number of nitrogens with zero attached hydrogens (tertiary/aromatic N) is 1. The van der Waals surface area contributed by atoms with Crippen molar-refractivity contribution in [3.63, 3.8) is 0 Å². The van der Waals surface area contributed by atoms with Crippen molar-refractivity contribution >= 4 is 51.6 Å². The van der Waals surface area contributed by atoms with E-state index in [0.29, 0.717) is 34.1 Å². The first kappa shape index (κ1) is 23.0. The number of hydrogen-bond donors (Lipinski definition) is 3. The number of benzene rings is 3. The number of ether oxygens (including phenoxy) is 1. The molecule has 4 heterocycles. The smallest absolute Gasteiger partial charge is 0.250 e. The molecule has 3 amide bonds. The minimum absolute atomic E-state index is 0.342. The molecule has 0 aliphatic carbocycles. The second kappa shape index (κ2) is 8.18. The number of H-pyrrole nitrogens is 1. The fourth-order valence-electron chi connectivity index (χ4n) is 6.49. The van der Waals surface area contributed by atoms with E-state index in [1.54, 1.807) is 42.5 Å². The van der Waals surface area contributed by atoms with Crippen LogP contribution in [0.4, 0.5) is 11.4 Å². The molecular weight excluding hydrogens is 504 g/mol. The minimum atomic E-state index is -1.43. The van der Waals surface area contributed by atoms with Crippen LogP contribution in [0, 0.1) is 11.8 Å². The summed E-state index contributed by atoms with van der Waals surface area (Å²) in [5.74, 6) is -2.32. The molecule has 9 heteroatoms. The standard InChI is InChI=1S/C29H23ClN4O4/c1-38-18-6-4-5-17(13-18)34-26(35)24-23(11-15-14-31-21-8-3-2-7-19(15)21)33-29(25(24)27(34)36)20-12-16(30)9-10-22(20)32-28(29)37/h2-10,12-14,23-25,31,33H,11H2,1H3,(H,32,37)/t23-,24+,25+,29+/m0/s1. The van der Waals surface area contributed by atoms with E-state index in [4.69, 9.17) is 16.3 Å². The predicted octanol–water partition coefficient (Wildman–Crippen LogP) is 4.00. The molecule has 190 valence electrons. The zero-order valence-electron chi connectivity index (χ0n) is 20.3. The second-order valence-electron chi connectivity index (χ2n) is 9.98. The molecule has 0 radical (unpaired) electrons. The van der Waals surface area contributed by atoms with Crippen LogP contribution in [0.2, 0.25) is 5.02 Å². The third-order valence-electron chi connectivity index (χ3n) is 8.10. The summed E-state index contributed by atoms with van der Waals surface area (Å²) in [6.45, 7) is 0. The van der Waals surface area contributed by atoms with Crippen LogP contribution >= 0.6 is 11.6 Å². The number of fused-ring (bicyclic) bond motifs is 5. The van der Waals surface area contributed by atoms with Crippen molar-refractivity contribution in [2.45, 2.75) is 18.0 Å². The summed E-state index contributed by atoms with van der Waals surface area (Å²) in [6.07, 6.45) is 2.37. The molecule has 0 unspecified atom stereocenters. The van der Waals surface area contributed by atoms with Gasteiger partial charge < -0.3 is 15.0 Å². The van der Waals surface area contributed by atoms with E-state index in [1.165, 1.54) is 12.0 Å². The molecule has 1 spiro atoms. The fraction of sp³-hybridized carbons (Fsp3) is 0.207. The van der Waals surface area contributed by atoms with Crippen molar-refractivity contribution in [2.75, 3.05) is 17.3 Å². The maximum atomic E-state index is 14.2. The summed E-state index contributed by atoms with van der Waals surface area (Å²) in [7, 11) is 1.53. The van der Waals surface area contributed by atoms with Gasteiger partial charge in [-0.15, -0.1) is 0 Å². The normalized spacial score (nSPS) is 25.8. The zero-order valence-corrected chi connectivity index (χ0v) is 21.1. The zero-order chi connectivity index (χ0) is 26.2. The summed E-state index contributed by atoms with van der Waals surface area (Å²) >= 11 is 6.37. The first-order chi connectivity index (χ1) is 18.4. The van der Waals surface area contributed by atoms with Gasteiger partial charge in [-0.05, 0) is 48.4 Å². The number of amides is 3. The first-order valence-corrected chi connectivity index (χ1v) is 12.8. The Morgan fingerprint density at radius 2 is 1.84 bits per heavy atom. The van der Waals surface area contributed by atoms with Crippen molar-refractivity contribution in [3.8, 4) is 5.75 Å². The number of aromatic amines is 1. The molecule has 4 atom stereocenters. The monoisotopic (exact) mass is 526 g/mol. The third kappa shape index (κ3) is 3.04. The molecule has 1 aromatic heterocycles. The van der Waals surface area contributed by atoms with Crippen molar-refractivity contribution in [1.29, 1.82) is 0 Å². The molecule has 7 rings (SSSR count). The lowest BCUT2D eigenvalue weighted by molar-refractivity contribution is -0.130. The van der Waals surface area contributed by atoms with Gasteiger partial charge in [-0.2, -0.15) is 0 Å². The third-order valence-corrected chi connectivity index (χ3v) is 8.34. The fourth-order valence-corrected chi connectivity index (χ4v) is 6.66. The van der Waals surface area contributed by atoms with Crippen LogP contribution in [0.1, 0.15) is 11.1 Å². The summed E-state index contributed by atoms with van der Waals surface area (Å²) in [5, 5.41) is 7.88. The number of nitrogens with one attached hydrogen (secondary N) is 3. The Morgan fingerprint density at radius 1 is 1.00 bits per heavy atom. The Hall–Kier alpha value is -4.14. The SMILES string of the molecule is COc1cccc(N2C(=O)[C@@H]3[C@H](Cc4c[nH]c5ccccc45)N[C@@]4(C(=O)Nc5ccc(Cl)cc54)[C@H]3C2=O)c1. The summed E-state index contributed by atoms with van der Waals surface area (Å²) < 4.78 is 5.34. The molecule has 2 fully saturated rings. The molecule has 3 aromatic carbocycles. The van der Waals surface area contributed by atoms with Gasteiger partial charge in [0.05, 0.1) is 24.6 Å². The van der Waals surface area contributed by atoms with Crippen LogP contribution in [-0.4, -0.2) is 35.9 Å². The van der Waals surface area contributed by atoms with Gasteiger partial charge in [0, 0.05) is 45.5 Å². The van der Waals surface area contributed by atoms with Crippen molar-refractivity contribution < 1.29 is 19.1 Å². The van der Waals surface area contributed by atoms with Gasteiger partial charge in [0.2, 0.25) is 17.7 Å². The largest absolute Gasteiger partial charge is 0.497 e. The topological polar surface area (TPSA) is 104 Å². The Balaban J connectivity index is 1.38. The summed E-state index contributed by atoms with van der Waals surface area (Å²) in [6, 6.07) is 19.4. The number of imide groups is 1. The van der Waals surface area contributed by atoms with Crippen LogP contribution in [0.15, 0.2) is 72.9 Å². The van der Waals surface area contributed by atoms with E-state index >= 15 is 0 Å². The first-order valence-electron chi connectivity index (χ1n) is 12.4. The highest BCUT2D eigenvalue weighted by Gasteiger charge is 2.70. The van der Waals surface area contributed by atoms with Crippen LogP contribution in [0.3, 0.4) is 0 Å². The molecule has 8 nitrogen and oxygen atoms in total.